The van der Waals surface area contributed by atoms with E-state index in [1.54, 1.807) is 6.92 Å². The number of hydrogen-bond donors (Lipinski definition) is 1. The van der Waals surface area contributed by atoms with Gasteiger partial charge in [0.05, 0.1) is 6.54 Å². The number of nitrogens with zero attached hydrogens (tertiary/aromatic N) is 1. The van der Waals surface area contributed by atoms with E-state index in [2.05, 4.69) is 10.2 Å². The highest BCUT2D eigenvalue weighted by molar-refractivity contribution is 5.78. The third-order valence-corrected chi connectivity index (χ3v) is 3.95. The van der Waals surface area contributed by atoms with Crippen molar-refractivity contribution in [1.29, 1.82) is 0 Å². The zero-order chi connectivity index (χ0) is 15.1. The summed E-state index contributed by atoms with van der Waals surface area (Å²) < 4.78 is 0. The summed E-state index contributed by atoms with van der Waals surface area (Å²) in [5.74, 6) is 0.242. The molecular weight excluding hydrogens is 264 g/mol. The molecular formula is C17H24N2O2. The third-order valence-electron chi connectivity index (χ3n) is 3.95. The zero-order valence-corrected chi connectivity index (χ0v) is 12.7. The number of nitrogens with one attached hydrogen (secondary N) is 1. The molecule has 0 radical (unpaired) electrons. The van der Waals surface area contributed by atoms with Crippen molar-refractivity contribution in [1.82, 2.24) is 10.2 Å². The minimum absolute atomic E-state index is 0.0364. The first-order valence-electron chi connectivity index (χ1n) is 7.69. The third kappa shape index (κ3) is 5.31. The minimum atomic E-state index is 0.0364. The summed E-state index contributed by atoms with van der Waals surface area (Å²) in [6.45, 7) is 3.49. The fraction of sp³-hybridized carbons (Fsp3) is 0.529. The van der Waals surface area contributed by atoms with Crippen molar-refractivity contribution in [2.45, 2.75) is 45.2 Å². The lowest BCUT2D eigenvalue weighted by Crippen LogP contribution is -2.46. The van der Waals surface area contributed by atoms with Gasteiger partial charge in [-0.05, 0) is 31.9 Å². The smallest absolute Gasteiger partial charge is 0.234 e. The van der Waals surface area contributed by atoms with Crippen LogP contribution < -0.4 is 5.32 Å². The number of benzene rings is 1. The Balaban J connectivity index is 1.81. The maximum atomic E-state index is 12.1. The molecule has 1 N–H and O–H groups in total. The number of hydrogen-bond acceptors (Lipinski definition) is 3. The average Bonchev–Trinajstić information content (AvgIpc) is 2.48. The number of amides is 1. The van der Waals surface area contributed by atoms with E-state index in [0.29, 0.717) is 19.5 Å². The average molecular weight is 288 g/mol. The molecule has 0 saturated carbocycles. The van der Waals surface area contributed by atoms with Crippen LogP contribution in [0.2, 0.25) is 0 Å². The first kappa shape index (κ1) is 15.7. The van der Waals surface area contributed by atoms with Gasteiger partial charge in [-0.25, -0.2) is 0 Å². The van der Waals surface area contributed by atoms with Gasteiger partial charge >= 0.3 is 0 Å². The molecule has 1 aliphatic heterocycles. The van der Waals surface area contributed by atoms with E-state index in [0.717, 1.165) is 31.4 Å². The molecule has 1 atom stereocenters. The number of Topliss-reactive ketones (excluding diaryl/α,β-unsaturated/α-hetero) is 1. The Morgan fingerprint density at radius 2 is 2.00 bits per heavy atom. The van der Waals surface area contributed by atoms with E-state index in [-0.39, 0.29) is 17.7 Å². The van der Waals surface area contributed by atoms with E-state index in [9.17, 15) is 9.59 Å². The number of likely N-dealkylation sites (tertiary alicyclic amines) is 1. The number of carbonyl (C=O) groups excluding carboxylic acids is 2. The Morgan fingerprint density at radius 3 is 2.71 bits per heavy atom. The second-order valence-electron chi connectivity index (χ2n) is 5.79. The van der Waals surface area contributed by atoms with Gasteiger partial charge in [0.25, 0.3) is 0 Å². The summed E-state index contributed by atoms with van der Waals surface area (Å²) in [6, 6.07) is 10.1. The molecule has 1 amide bonds. The van der Waals surface area contributed by atoms with Gasteiger partial charge < -0.3 is 5.32 Å². The van der Waals surface area contributed by atoms with Crippen LogP contribution in [-0.2, 0) is 16.1 Å². The SMILES string of the molecule is CC(=O)CC1CCCCN1CC(=O)NCc1ccccc1. The molecule has 4 nitrogen and oxygen atoms in total. The van der Waals surface area contributed by atoms with Crippen molar-refractivity contribution in [3.05, 3.63) is 35.9 Å². The van der Waals surface area contributed by atoms with Crippen molar-refractivity contribution >= 4 is 11.7 Å². The van der Waals surface area contributed by atoms with Crippen LogP contribution in [-0.4, -0.2) is 35.7 Å². The predicted molar refractivity (Wildman–Crippen MR) is 82.8 cm³/mol. The Labute approximate surface area is 126 Å². The Morgan fingerprint density at radius 1 is 1.24 bits per heavy atom. The Bertz CT molecular complexity index is 473. The fourth-order valence-corrected chi connectivity index (χ4v) is 2.87. The highest BCUT2D eigenvalue weighted by Gasteiger charge is 2.25. The summed E-state index contributed by atoms with van der Waals surface area (Å²) in [4.78, 5) is 25.6. The van der Waals surface area contributed by atoms with Crippen molar-refractivity contribution in [3.8, 4) is 0 Å². The van der Waals surface area contributed by atoms with Gasteiger partial charge in [0.15, 0.2) is 0 Å². The zero-order valence-electron chi connectivity index (χ0n) is 12.7. The monoisotopic (exact) mass is 288 g/mol. The lowest BCUT2D eigenvalue weighted by atomic mass is 9.98. The number of ketones is 1. The van der Waals surface area contributed by atoms with Crippen molar-refractivity contribution in [3.63, 3.8) is 0 Å². The summed E-state index contributed by atoms with van der Waals surface area (Å²) >= 11 is 0. The maximum absolute atomic E-state index is 12.1. The van der Waals surface area contributed by atoms with E-state index in [4.69, 9.17) is 0 Å². The maximum Gasteiger partial charge on any atom is 0.234 e. The highest BCUT2D eigenvalue weighted by Crippen LogP contribution is 2.19. The van der Waals surface area contributed by atoms with Gasteiger partial charge in [-0.15, -0.1) is 0 Å². The minimum Gasteiger partial charge on any atom is -0.351 e. The first-order chi connectivity index (χ1) is 10.1. The van der Waals surface area contributed by atoms with Crippen LogP contribution in [0.25, 0.3) is 0 Å². The second-order valence-corrected chi connectivity index (χ2v) is 5.79. The predicted octanol–water partition coefficient (Wildman–Crippen LogP) is 2.14. The molecule has 1 aromatic rings. The number of carbonyl (C=O) groups is 2. The molecule has 1 heterocycles. The summed E-state index contributed by atoms with van der Waals surface area (Å²) in [6.07, 6.45) is 3.85. The van der Waals surface area contributed by atoms with Gasteiger partial charge in [-0.2, -0.15) is 0 Å². The van der Waals surface area contributed by atoms with E-state index in [1.807, 2.05) is 30.3 Å². The molecule has 1 unspecified atom stereocenters. The van der Waals surface area contributed by atoms with Gasteiger partial charge in [0.1, 0.15) is 5.78 Å². The normalized spacial score (nSPS) is 19.2. The van der Waals surface area contributed by atoms with Crippen LogP contribution in [0, 0.1) is 0 Å². The number of piperidine rings is 1. The largest absolute Gasteiger partial charge is 0.351 e. The summed E-state index contributed by atoms with van der Waals surface area (Å²) in [5.41, 5.74) is 1.10. The molecule has 21 heavy (non-hydrogen) atoms. The molecule has 4 heteroatoms. The number of rotatable bonds is 6. The molecule has 0 spiro atoms. The van der Waals surface area contributed by atoms with Crippen molar-refractivity contribution < 1.29 is 9.59 Å². The first-order valence-corrected chi connectivity index (χ1v) is 7.69. The van der Waals surface area contributed by atoms with Gasteiger partial charge in [-0.1, -0.05) is 36.8 Å². The van der Waals surface area contributed by atoms with Gasteiger partial charge in [-0.3, -0.25) is 14.5 Å². The standard InChI is InChI=1S/C17H24N2O2/c1-14(20)11-16-9-5-6-10-19(16)13-17(21)18-12-15-7-3-2-4-8-15/h2-4,7-8,16H,5-6,9-13H2,1H3,(H,18,21). The van der Waals surface area contributed by atoms with E-state index >= 15 is 0 Å². The van der Waals surface area contributed by atoms with Gasteiger partial charge in [0.2, 0.25) is 5.91 Å². The van der Waals surface area contributed by atoms with Crippen LogP contribution in [0.1, 0.15) is 38.2 Å². The van der Waals surface area contributed by atoms with E-state index in [1.165, 1.54) is 0 Å². The van der Waals surface area contributed by atoms with Crippen molar-refractivity contribution in [2.24, 2.45) is 0 Å². The van der Waals surface area contributed by atoms with E-state index < -0.39 is 0 Å². The summed E-state index contributed by atoms with van der Waals surface area (Å²) in [7, 11) is 0. The summed E-state index contributed by atoms with van der Waals surface area (Å²) in [5, 5.41) is 2.95. The molecule has 1 fully saturated rings. The molecule has 0 aliphatic carbocycles. The van der Waals surface area contributed by atoms with Crippen molar-refractivity contribution in [2.75, 3.05) is 13.1 Å². The topological polar surface area (TPSA) is 49.4 Å². The molecule has 114 valence electrons. The lowest BCUT2D eigenvalue weighted by Gasteiger charge is -2.34. The van der Waals surface area contributed by atoms with Crippen LogP contribution >= 0.6 is 0 Å². The molecule has 1 aromatic carbocycles. The molecule has 0 aromatic heterocycles. The van der Waals surface area contributed by atoms with Crippen LogP contribution in [0.4, 0.5) is 0 Å². The van der Waals surface area contributed by atoms with Crippen LogP contribution in [0.3, 0.4) is 0 Å². The molecule has 1 saturated heterocycles. The Hall–Kier alpha value is -1.68. The van der Waals surface area contributed by atoms with Crippen LogP contribution in [0.15, 0.2) is 30.3 Å². The Kier molecular flexibility index (Phi) is 5.93. The quantitative estimate of drug-likeness (QED) is 0.872. The molecule has 2 rings (SSSR count). The highest BCUT2D eigenvalue weighted by atomic mass is 16.2. The van der Waals surface area contributed by atoms with Crippen LogP contribution in [0.5, 0.6) is 0 Å². The second kappa shape index (κ2) is 7.93. The fourth-order valence-electron chi connectivity index (χ4n) is 2.87. The van der Waals surface area contributed by atoms with Gasteiger partial charge in [0, 0.05) is 19.0 Å². The lowest BCUT2D eigenvalue weighted by molar-refractivity contribution is -0.125. The molecule has 1 aliphatic rings. The molecule has 0 bridgehead atoms.